The largest absolute Gasteiger partial charge is 0.457 e. The quantitative estimate of drug-likeness (QED) is 0.563. The Bertz CT molecular complexity index is 331. The SMILES string of the molecule is OC/C(I)=C/C(F)(C(F)(F)F)C(F)(F)C(F)(F)F. The van der Waals surface area contributed by atoms with Gasteiger partial charge >= 0.3 is 18.3 Å². The molecule has 0 aliphatic rings. The molecule has 1 N–H and O–H groups in total. The number of allylic oxidation sites excluding steroid dienone is 1. The molecule has 1 unspecified atom stereocenters. The van der Waals surface area contributed by atoms with Crippen LogP contribution in [0.2, 0.25) is 0 Å². The van der Waals surface area contributed by atoms with Crippen molar-refractivity contribution < 1.29 is 44.6 Å². The third-order valence-electron chi connectivity index (χ3n) is 1.73. The van der Waals surface area contributed by atoms with E-state index in [1.165, 1.54) is 0 Å². The first kappa shape index (κ1) is 17.8. The molecule has 0 aromatic heterocycles. The molecule has 0 aromatic carbocycles. The van der Waals surface area contributed by atoms with E-state index >= 15 is 0 Å². The Balaban J connectivity index is 5.97. The van der Waals surface area contributed by atoms with Gasteiger partial charge in [0, 0.05) is 3.58 Å². The van der Waals surface area contributed by atoms with E-state index in [1.807, 2.05) is 0 Å². The van der Waals surface area contributed by atoms with Crippen molar-refractivity contribution in [2.24, 2.45) is 0 Å². The summed E-state index contributed by atoms with van der Waals surface area (Å²) < 4.78 is 109. The molecule has 0 radical (unpaired) electrons. The molecule has 0 saturated heterocycles. The lowest BCUT2D eigenvalue weighted by Crippen LogP contribution is -2.61. The fourth-order valence-corrected chi connectivity index (χ4v) is 1.25. The zero-order valence-electron chi connectivity index (χ0n) is 8.01. The minimum absolute atomic E-state index is 0.809. The van der Waals surface area contributed by atoms with E-state index in [-0.39, 0.29) is 0 Å². The summed E-state index contributed by atoms with van der Waals surface area (Å²) in [5.41, 5.74) is -5.95. The topological polar surface area (TPSA) is 20.2 Å². The first-order valence-corrected chi connectivity index (χ1v) is 4.97. The summed E-state index contributed by atoms with van der Waals surface area (Å²) >= 11 is 0.809. The summed E-state index contributed by atoms with van der Waals surface area (Å²) in [4.78, 5) is 0. The van der Waals surface area contributed by atoms with E-state index in [0.29, 0.717) is 0 Å². The molecule has 1 nitrogen and oxygen atoms in total. The molecule has 0 heterocycles. The molecule has 0 aromatic rings. The summed E-state index contributed by atoms with van der Waals surface area (Å²) in [5.74, 6) is -6.68. The molecule has 0 spiro atoms. The van der Waals surface area contributed by atoms with Crippen LogP contribution in [0, 0.1) is 0 Å². The highest BCUT2D eigenvalue weighted by Crippen LogP contribution is 2.53. The molecule has 0 aliphatic carbocycles. The second-order valence-electron chi connectivity index (χ2n) is 3.03. The minimum Gasteiger partial charge on any atom is -0.391 e. The molecule has 18 heavy (non-hydrogen) atoms. The third kappa shape index (κ3) is 3.03. The van der Waals surface area contributed by atoms with E-state index < -0.39 is 40.2 Å². The van der Waals surface area contributed by atoms with Crippen LogP contribution in [0.1, 0.15) is 0 Å². The molecular weight excluding hydrogens is 398 g/mol. The third-order valence-corrected chi connectivity index (χ3v) is 2.38. The van der Waals surface area contributed by atoms with Gasteiger partial charge in [0.25, 0.3) is 5.67 Å². The molecule has 0 saturated carbocycles. The Morgan fingerprint density at radius 1 is 0.889 bits per heavy atom. The second kappa shape index (κ2) is 5.06. The fourth-order valence-electron chi connectivity index (χ4n) is 0.818. The number of hydrogen-bond donors (Lipinski definition) is 1. The number of halogens is 10. The average molecular weight is 402 g/mol. The van der Waals surface area contributed by atoms with E-state index in [0.717, 1.165) is 22.6 Å². The van der Waals surface area contributed by atoms with E-state index in [9.17, 15) is 39.5 Å². The van der Waals surface area contributed by atoms with Gasteiger partial charge in [0.05, 0.1) is 6.61 Å². The van der Waals surface area contributed by atoms with Gasteiger partial charge in [-0.1, -0.05) is 0 Å². The molecule has 1 atom stereocenters. The van der Waals surface area contributed by atoms with Gasteiger partial charge < -0.3 is 5.11 Å². The maximum Gasteiger partial charge on any atom is 0.457 e. The summed E-state index contributed by atoms with van der Waals surface area (Å²) in [5, 5.41) is 8.30. The lowest BCUT2D eigenvalue weighted by atomic mass is 9.95. The van der Waals surface area contributed by atoms with E-state index in [2.05, 4.69) is 0 Å². The number of aliphatic hydroxyl groups is 1. The predicted octanol–water partition coefficient (Wildman–Crippen LogP) is 3.77. The summed E-state index contributed by atoms with van der Waals surface area (Å²) in [6.07, 6.45) is -14.2. The Hall–Kier alpha value is -0.200. The van der Waals surface area contributed by atoms with E-state index in [1.54, 1.807) is 0 Å². The first-order valence-electron chi connectivity index (χ1n) is 3.89. The summed E-state index contributed by atoms with van der Waals surface area (Å²) in [6, 6.07) is 0. The highest BCUT2D eigenvalue weighted by atomic mass is 127. The molecule has 108 valence electrons. The van der Waals surface area contributed by atoms with Gasteiger partial charge in [-0.05, 0) is 28.7 Å². The van der Waals surface area contributed by atoms with Crippen LogP contribution in [0.25, 0.3) is 0 Å². The normalized spacial score (nSPS) is 18.7. The zero-order valence-corrected chi connectivity index (χ0v) is 10.2. The number of rotatable bonds is 3. The van der Waals surface area contributed by atoms with Crippen LogP contribution in [0.4, 0.5) is 39.5 Å². The van der Waals surface area contributed by atoms with Crippen molar-refractivity contribution in [3.8, 4) is 0 Å². The minimum atomic E-state index is -6.74. The van der Waals surface area contributed by atoms with Gasteiger partial charge in [-0.2, -0.15) is 35.1 Å². The second-order valence-corrected chi connectivity index (χ2v) is 4.42. The Morgan fingerprint density at radius 3 is 1.50 bits per heavy atom. The molecule has 0 fully saturated rings. The lowest BCUT2D eigenvalue weighted by Gasteiger charge is -2.33. The molecule has 0 amide bonds. The number of alkyl halides is 9. The maximum atomic E-state index is 13.2. The lowest BCUT2D eigenvalue weighted by molar-refractivity contribution is -0.369. The van der Waals surface area contributed by atoms with Crippen LogP contribution in [0.15, 0.2) is 9.66 Å². The zero-order chi connectivity index (χ0) is 15.0. The Morgan fingerprint density at radius 2 is 1.28 bits per heavy atom. The van der Waals surface area contributed by atoms with Gasteiger partial charge in [-0.25, -0.2) is 4.39 Å². The molecule has 0 rings (SSSR count). The highest BCUT2D eigenvalue weighted by Gasteiger charge is 2.80. The van der Waals surface area contributed by atoms with Crippen molar-refractivity contribution in [3.05, 3.63) is 9.66 Å². The maximum absolute atomic E-state index is 13.2. The molecule has 0 aliphatic heterocycles. The monoisotopic (exact) mass is 402 g/mol. The summed E-state index contributed by atoms with van der Waals surface area (Å²) in [6.45, 7) is -1.31. The van der Waals surface area contributed by atoms with Crippen molar-refractivity contribution in [2.45, 2.75) is 23.9 Å². The molecule has 11 heteroatoms. The van der Waals surface area contributed by atoms with Crippen molar-refractivity contribution in [1.82, 2.24) is 0 Å². The molecular formula is C7H4F9IO. The number of hydrogen-bond acceptors (Lipinski definition) is 1. The first-order chi connectivity index (χ1) is 7.70. The van der Waals surface area contributed by atoms with Crippen LogP contribution in [-0.4, -0.2) is 35.7 Å². The Labute approximate surface area is 108 Å². The number of aliphatic hydroxyl groups excluding tert-OH is 1. The average Bonchev–Trinajstić information content (AvgIpc) is 2.13. The van der Waals surface area contributed by atoms with Gasteiger partial charge in [0.2, 0.25) is 0 Å². The van der Waals surface area contributed by atoms with Crippen LogP contribution in [-0.2, 0) is 0 Å². The van der Waals surface area contributed by atoms with Crippen molar-refractivity contribution in [2.75, 3.05) is 6.61 Å². The van der Waals surface area contributed by atoms with Gasteiger partial charge in [0.15, 0.2) is 0 Å². The smallest absolute Gasteiger partial charge is 0.391 e. The predicted molar refractivity (Wildman–Crippen MR) is 50.1 cm³/mol. The van der Waals surface area contributed by atoms with Gasteiger partial charge in [-0.3, -0.25) is 0 Å². The summed E-state index contributed by atoms with van der Waals surface area (Å²) in [7, 11) is 0. The highest BCUT2D eigenvalue weighted by molar-refractivity contribution is 14.1. The van der Waals surface area contributed by atoms with Crippen LogP contribution >= 0.6 is 22.6 Å². The Kier molecular flexibility index (Phi) is 5.00. The van der Waals surface area contributed by atoms with Crippen LogP contribution < -0.4 is 0 Å². The van der Waals surface area contributed by atoms with Gasteiger partial charge in [-0.15, -0.1) is 0 Å². The van der Waals surface area contributed by atoms with Crippen molar-refractivity contribution >= 4 is 22.6 Å². The standard InChI is InChI=1S/C7H4F9IO/c8-4(6(11,12)13,1-3(17)2-18)5(9,10)7(14,15)16/h1,18H,2H2/b3-1-. The fraction of sp³-hybridized carbons (Fsp3) is 0.714. The van der Waals surface area contributed by atoms with Crippen molar-refractivity contribution in [3.63, 3.8) is 0 Å². The van der Waals surface area contributed by atoms with Crippen molar-refractivity contribution in [1.29, 1.82) is 0 Å². The molecule has 0 bridgehead atoms. The van der Waals surface area contributed by atoms with Crippen LogP contribution in [0.3, 0.4) is 0 Å². The van der Waals surface area contributed by atoms with Crippen LogP contribution in [0.5, 0.6) is 0 Å². The van der Waals surface area contributed by atoms with Gasteiger partial charge in [0.1, 0.15) is 0 Å². The van der Waals surface area contributed by atoms with E-state index in [4.69, 9.17) is 5.11 Å².